The van der Waals surface area contributed by atoms with Crippen molar-refractivity contribution in [2.45, 2.75) is 19.3 Å². The van der Waals surface area contributed by atoms with Gasteiger partial charge < -0.3 is 11.1 Å². The molecule has 0 spiro atoms. The van der Waals surface area contributed by atoms with Gasteiger partial charge in [-0.2, -0.15) is 0 Å². The molecule has 4 heteroatoms. The van der Waals surface area contributed by atoms with Crippen LogP contribution in [0.2, 0.25) is 0 Å². The Labute approximate surface area is 106 Å². The molecule has 0 aromatic heterocycles. The number of thiocarbonyl (C=S) groups is 1. The first kappa shape index (κ1) is 12.0. The number of fused-ring (bicyclic) bond motifs is 1. The second kappa shape index (κ2) is 5.27. The van der Waals surface area contributed by atoms with Crippen LogP contribution in [0.4, 0.5) is 0 Å². The first-order valence-electron chi connectivity index (χ1n) is 5.79. The van der Waals surface area contributed by atoms with Crippen LogP contribution < -0.4 is 11.1 Å². The lowest BCUT2D eigenvalue weighted by Gasteiger charge is -2.23. The Morgan fingerprint density at radius 1 is 1.41 bits per heavy atom. The van der Waals surface area contributed by atoms with Crippen molar-refractivity contribution >= 4 is 23.1 Å². The van der Waals surface area contributed by atoms with Crippen molar-refractivity contribution in [2.75, 3.05) is 6.54 Å². The zero-order chi connectivity index (χ0) is 12.3. The number of nitrogens with two attached hydrogens (primary N) is 1. The summed E-state index contributed by atoms with van der Waals surface area (Å²) < 4.78 is 0. The van der Waals surface area contributed by atoms with E-state index in [4.69, 9.17) is 18.0 Å². The average molecular weight is 248 g/mol. The Balaban J connectivity index is 1.97. The summed E-state index contributed by atoms with van der Waals surface area (Å²) in [4.78, 5) is 12.2. The molecule has 0 saturated heterocycles. The molecule has 0 fully saturated rings. The predicted octanol–water partition coefficient (Wildman–Crippen LogP) is 1.19. The first-order valence-corrected chi connectivity index (χ1v) is 6.20. The van der Waals surface area contributed by atoms with Crippen molar-refractivity contribution in [3.8, 4) is 0 Å². The molecule has 1 atom stereocenters. The van der Waals surface area contributed by atoms with Crippen LogP contribution in [-0.2, 0) is 17.6 Å². The highest BCUT2D eigenvalue weighted by Gasteiger charge is 2.23. The monoisotopic (exact) mass is 248 g/mol. The lowest BCUT2D eigenvalue weighted by molar-refractivity contribution is -0.125. The third kappa shape index (κ3) is 3.03. The fraction of sp³-hybridized carbons (Fsp3) is 0.385. The molecule has 0 saturated carbocycles. The second-order valence-electron chi connectivity index (χ2n) is 4.39. The van der Waals surface area contributed by atoms with Crippen molar-refractivity contribution in [2.24, 2.45) is 11.7 Å². The van der Waals surface area contributed by atoms with E-state index in [1.807, 2.05) is 12.1 Å². The molecule has 1 aromatic rings. The Hall–Kier alpha value is -1.42. The van der Waals surface area contributed by atoms with Gasteiger partial charge in [0.15, 0.2) is 0 Å². The Morgan fingerprint density at radius 2 is 2.12 bits per heavy atom. The number of rotatable bonds is 3. The van der Waals surface area contributed by atoms with E-state index in [9.17, 15) is 4.79 Å². The third-order valence-electron chi connectivity index (χ3n) is 3.15. The van der Waals surface area contributed by atoms with Crippen LogP contribution in [0.3, 0.4) is 0 Å². The molecule has 90 valence electrons. The van der Waals surface area contributed by atoms with Crippen LogP contribution in [0, 0.1) is 5.92 Å². The zero-order valence-corrected chi connectivity index (χ0v) is 10.4. The summed E-state index contributed by atoms with van der Waals surface area (Å²) in [6, 6.07) is 8.31. The number of carbonyl (C=O) groups is 1. The lowest BCUT2D eigenvalue weighted by atomic mass is 9.83. The number of benzene rings is 1. The molecule has 1 aromatic carbocycles. The number of aryl methyl sites for hydroxylation is 1. The minimum atomic E-state index is 0.0549. The first-order chi connectivity index (χ1) is 8.16. The molecule has 1 unspecified atom stereocenters. The Morgan fingerprint density at radius 3 is 2.82 bits per heavy atom. The highest BCUT2D eigenvalue weighted by molar-refractivity contribution is 7.80. The van der Waals surface area contributed by atoms with Gasteiger partial charge in [-0.3, -0.25) is 4.79 Å². The molecular weight excluding hydrogens is 232 g/mol. The van der Waals surface area contributed by atoms with E-state index < -0.39 is 0 Å². The summed E-state index contributed by atoms with van der Waals surface area (Å²) in [5.74, 6) is 0.117. The molecule has 1 amide bonds. The van der Waals surface area contributed by atoms with E-state index in [-0.39, 0.29) is 11.8 Å². The zero-order valence-electron chi connectivity index (χ0n) is 9.61. The van der Waals surface area contributed by atoms with Crippen LogP contribution in [0.5, 0.6) is 0 Å². The maximum Gasteiger partial charge on any atom is 0.223 e. The normalized spacial score (nSPS) is 18.2. The number of amides is 1. The van der Waals surface area contributed by atoms with Gasteiger partial charge in [0.2, 0.25) is 5.91 Å². The summed E-state index contributed by atoms with van der Waals surface area (Å²) in [5.41, 5.74) is 8.02. The predicted molar refractivity (Wildman–Crippen MR) is 71.8 cm³/mol. The average Bonchev–Trinajstić information content (AvgIpc) is 2.35. The van der Waals surface area contributed by atoms with E-state index in [1.54, 1.807) is 0 Å². The summed E-state index contributed by atoms with van der Waals surface area (Å²) in [6.45, 7) is 0.298. The maximum absolute atomic E-state index is 11.9. The highest BCUT2D eigenvalue weighted by Crippen LogP contribution is 2.25. The van der Waals surface area contributed by atoms with Gasteiger partial charge in [-0.1, -0.05) is 36.5 Å². The van der Waals surface area contributed by atoms with Crippen LogP contribution >= 0.6 is 12.2 Å². The molecule has 3 nitrogen and oxygen atoms in total. The molecule has 0 radical (unpaired) electrons. The van der Waals surface area contributed by atoms with Crippen LogP contribution in [0.25, 0.3) is 0 Å². The molecule has 3 N–H and O–H groups in total. The topological polar surface area (TPSA) is 55.1 Å². The quantitative estimate of drug-likeness (QED) is 0.790. The van der Waals surface area contributed by atoms with E-state index in [2.05, 4.69) is 17.4 Å². The molecular formula is C13H16N2OS. The number of hydrogen-bond acceptors (Lipinski definition) is 2. The Kier molecular flexibility index (Phi) is 3.74. The van der Waals surface area contributed by atoms with Gasteiger partial charge in [-0.15, -0.1) is 0 Å². The molecule has 17 heavy (non-hydrogen) atoms. The van der Waals surface area contributed by atoms with Crippen LogP contribution in [0.15, 0.2) is 24.3 Å². The van der Waals surface area contributed by atoms with Crippen molar-refractivity contribution in [3.05, 3.63) is 35.4 Å². The van der Waals surface area contributed by atoms with E-state index in [0.29, 0.717) is 11.5 Å². The summed E-state index contributed by atoms with van der Waals surface area (Å²) in [7, 11) is 0. The maximum atomic E-state index is 11.9. The fourth-order valence-electron chi connectivity index (χ4n) is 2.24. The van der Waals surface area contributed by atoms with E-state index in [0.717, 1.165) is 19.3 Å². The summed E-state index contributed by atoms with van der Waals surface area (Å²) in [5, 5.41) is 2.78. The van der Waals surface area contributed by atoms with Gasteiger partial charge in [0.1, 0.15) is 0 Å². The molecule has 0 heterocycles. The third-order valence-corrected chi connectivity index (χ3v) is 3.30. The minimum absolute atomic E-state index is 0.0549. The number of hydrogen-bond donors (Lipinski definition) is 2. The molecule has 0 bridgehead atoms. The number of carbonyl (C=O) groups excluding carboxylic acids is 1. The SMILES string of the molecule is NC(=S)CNC(=O)C1CCc2ccccc2C1. The van der Waals surface area contributed by atoms with Gasteiger partial charge in [-0.05, 0) is 30.4 Å². The van der Waals surface area contributed by atoms with Crippen molar-refractivity contribution in [1.29, 1.82) is 0 Å². The summed E-state index contributed by atoms with van der Waals surface area (Å²) in [6.07, 6.45) is 2.70. The minimum Gasteiger partial charge on any atom is -0.392 e. The standard InChI is InChI=1S/C13H16N2OS/c14-12(17)8-15-13(16)11-6-5-9-3-1-2-4-10(9)7-11/h1-4,11H,5-8H2,(H2,14,17)(H,15,16). The van der Waals surface area contributed by atoms with Crippen LogP contribution in [-0.4, -0.2) is 17.4 Å². The molecule has 1 aliphatic carbocycles. The van der Waals surface area contributed by atoms with Gasteiger partial charge in [0.05, 0.1) is 11.5 Å². The van der Waals surface area contributed by atoms with Crippen molar-refractivity contribution in [3.63, 3.8) is 0 Å². The highest BCUT2D eigenvalue weighted by atomic mass is 32.1. The Bertz CT molecular complexity index is 445. The molecule has 1 aliphatic rings. The van der Waals surface area contributed by atoms with Gasteiger partial charge in [-0.25, -0.2) is 0 Å². The van der Waals surface area contributed by atoms with Gasteiger partial charge in [0.25, 0.3) is 0 Å². The largest absolute Gasteiger partial charge is 0.392 e. The van der Waals surface area contributed by atoms with Crippen LogP contribution in [0.1, 0.15) is 17.5 Å². The van der Waals surface area contributed by atoms with Crippen molar-refractivity contribution < 1.29 is 4.79 Å². The van der Waals surface area contributed by atoms with Gasteiger partial charge in [0, 0.05) is 5.92 Å². The summed E-state index contributed by atoms with van der Waals surface area (Å²) >= 11 is 4.74. The van der Waals surface area contributed by atoms with Gasteiger partial charge >= 0.3 is 0 Å². The van der Waals surface area contributed by atoms with E-state index in [1.165, 1.54) is 11.1 Å². The lowest BCUT2D eigenvalue weighted by Crippen LogP contribution is -2.38. The van der Waals surface area contributed by atoms with E-state index >= 15 is 0 Å². The fourth-order valence-corrected chi connectivity index (χ4v) is 2.31. The number of nitrogens with one attached hydrogen (secondary N) is 1. The molecule has 2 rings (SSSR count). The second-order valence-corrected chi connectivity index (χ2v) is 4.92. The smallest absolute Gasteiger partial charge is 0.223 e. The molecule has 0 aliphatic heterocycles. The van der Waals surface area contributed by atoms with Crippen molar-refractivity contribution in [1.82, 2.24) is 5.32 Å².